The van der Waals surface area contributed by atoms with Crippen molar-refractivity contribution in [3.63, 3.8) is 0 Å². The van der Waals surface area contributed by atoms with E-state index in [1.54, 1.807) is 12.1 Å². The van der Waals surface area contributed by atoms with Crippen molar-refractivity contribution in [1.29, 1.82) is 0 Å². The molecule has 1 aromatic carbocycles. The molecule has 146 valence electrons. The smallest absolute Gasteiger partial charge is 0.336 e. The molecule has 6 heteroatoms. The number of carbonyl (C=O) groups is 1. The van der Waals surface area contributed by atoms with Crippen molar-refractivity contribution < 1.29 is 18.7 Å². The molecule has 27 heavy (non-hydrogen) atoms. The lowest BCUT2D eigenvalue weighted by Crippen LogP contribution is -2.30. The van der Waals surface area contributed by atoms with E-state index in [0.29, 0.717) is 30.6 Å². The normalized spacial score (nSPS) is 15.0. The molecule has 1 saturated carbocycles. The molecular weight excluding hydrogens is 346 g/mol. The second-order valence-electron chi connectivity index (χ2n) is 7.03. The van der Waals surface area contributed by atoms with Crippen molar-refractivity contribution in [3.05, 3.63) is 40.2 Å². The van der Waals surface area contributed by atoms with E-state index in [4.69, 9.17) is 13.9 Å². The van der Waals surface area contributed by atoms with Crippen LogP contribution in [0.25, 0.3) is 11.0 Å². The number of hydrogen-bond donors (Lipinski definition) is 1. The Balaban J connectivity index is 1.37. The molecule has 0 atom stereocenters. The third kappa shape index (κ3) is 5.82. The summed E-state index contributed by atoms with van der Waals surface area (Å²) in [6.45, 7) is 3.02. The summed E-state index contributed by atoms with van der Waals surface area (Å²) in [5, 5.41) is 3.68. The van der Waals surface area contributed by atoms with Crippen molar-refractivity contribution in [2.24, 2.45) is 0 Å². The number of fused-ring (bicyclic) bond motifs is 1. The Hall–Kier alpha value is -2.34. The Morgan fingerprint density at radius 2 is 2.04 bits per heavy atom. The molecule has 0 saturated heterocycles. The summed E-state index contributed by atoms with van der Waals surface area (Å²) in [6, 6.07) is 6.67. The summed E-state index contributed by atoms with van der Waals surface area (Å²) in [4.78, 5) is 23.4. The number of ether oxygens (including phenoxy) is 2. The zero-order valence-electron chi connectivity index (χ0n) is 15.8. The number of amides is 1. The van der Waals surface area contributed by atoms with E-state index in [9.17, 15) is 9.59 Å². The van der Waals surface area contributed by atoms with Gasteiger partial charge in [0, 0.05) is 30.7 Å². The molecule has 2 aromatic rings. The third-order valence-electron chi connectivity index (χ3n) is 4.84. The van der Waals surface area contributed by atoms with Crippen LogP contribution in [0.3, 0.4) is 0 Å². The Morgan fingerprint density at radius 3 is 2.85 bits per heavy atom. The van der Waals surface area contributed by atoms with E-state index in [2.05, 4.69) is 5.32 Å². The van der Waals surface area contributed by atoms with Crippen LogP contribution in [-0.2, 0) is 9.53 Å². The highest BCUT2D eigenvalue weighted by molar-refractivity contribution is 5.81. The molecule has 6 nitrogen and oxygen atoms in total. The summed E-state index contributed by atoms with van der Waals surface area (Å²) in [5.41, 5.74) is 0.907. The third-order valence-corrected chi connectivity index (χ3v) is 4.84. The highest BCUT2D eigenvalue weighted by Crippen LogP contribution is 2.22. The topological polar surface area (TPSA) is 77.8 Å². The van der Waals surface area contributed by atoms with Gasteiger partial charge in [-0.1, -0.05) is 19.3 Å². The van der Waals surface area contributed by atoms with E-state index >= 15 is 0 Å². The van der Waals surface area contributed by atoms with Gasteiger partial charge < -0.3 is 19.2 Å². The molecule has 0 radical (unpaired) electrons. The van der Waals surface area contributed by atoms with Gasteiger partial charge in [0.2, 0.25) is 0 Å². The fourth-order valence-electron chi connectivity index (χ4n) is 3.38. The first kappa shape index (κ1) is 19.4. The number of nitrogens with one attached hydrogen (secondary N) is 1. The van der Waals surface area contributed by atoms with Crippen LogP contribution in [0, 0.1) is 6.92 Å². The van der Waals surface area contributed by atoms with Crippen molar-refractivity contribution in [2.45, 2.75) is 51.6 Å². The first-order valence-corrected chi connectivity index (χ1v) is 9.67. The van der Waals surface area contributed by atoms with Crippen molar-refractivity contribution in [2.75, 3.05) is 19.8 Å². The van der Waals surface area contributed by atoms with Crippen molar-refractivity contribution in [3.8, 4) is 5.75 Å². The molecule has 1 aliphatic carbocycles. The lowest BCUT2D eigenvalue weighted by Gasteiger charge is -2.21. The molecule has 0 aliphatic heterocycles. The zero-order valence-corrected chi connectivity index (χ0v) is 15.8. The Morgan fingerprint density at radius 1 is 1.22 bits per heavy atom. The fraction of sp³-hybridized carbons (Fsp3) is 0.524. The second-order valence-corrected chi connectivity index (χ2v) is 7.03. The molecule has 1 amide bonds. The Bertz CT molecular complexity index is 823. The molecular formula is C21H27NO5. The van der Waals surface area contributed by atoms with E-state index in [1.807, 2.05) is 13.0 Å². The Kier molecular flexibility index (Phi) is 6.87. The quantitative estimate of drug-likeness (QED) is 0.567. The maximum atomic E-state index is 11.9. The van der Waals surface area contributed by atoms with Crippen molar-refractivity contribution in [1.82, 2.24) is 5.32 Å². The predicted molar refractivity (Wildman–Crippen MR) is 103 cm³/mol. The minimum atomic E-state index is -0.398. The summed E-state index contributed by atoms with van der Waals surface area (Å²) in [6.07, 6.45) is 7.35. The van der Waals surface area contributed by atoms with Gasteiger partial charge in [-0.3, -0.25) is 4.79 Å². The molecule has 0 unspecified atom stereocenters. The van der Waals surface area contributed by atoms with Crippen LogP contribution in [0.4, 0.5) is 0 Å². The molecule has 0 spiro atoms. The van der Waals surface area contributed by atoms with E-state index in [0.717, 1.165) is 30.2 Å². The van der Waals surface area contributed by atoms with Crippen LogP contribution in [0.1, 0.15) is 44.1 Å². The SMILES string of the molecule is Cc1cc(=O)oc2cc(OCC(=O)NCCCOC3CCCCC3)ccc12. The highest BCUT2D eigenvalue weighted by atomic mass is 16.5. The van der Waals surface area contributed by atoms with E-state index in [1.165, 1.54) is 25.3 Å². The van der Waals surface area contributed by atoms with E-state index < -0.39 is 5.63 Å². The molecule has 1 aromatic heterocycles. The van der Waals surface area contributed by atoms with Gasteiger partial charge in [0.25, 0.3) is 5.91 Å². The minimum Gasteiger partial charge on any atom is -0.484 e. The highest BCUT2D eigenvalue weighted by Gasteiger charge is 2.13. The summed E-state index contributed by atoms with van der Waals surface area (Å²) < 4.78 is 16.5. The largest absolute Gasteiger partial charge is 0.484 e. The van der Waals surface area contributed by atoms with Gasteiger partial charge in [-0.15, -0.1) is 0 Å². The number of hydrogen-bond acceptors (Lipinski definition) is 5. The average Bonchev–Trinajstić information content (AvgIpc) is 2.66. The summed E-state index contributed by atoms with van der Waals surface area (Å²) in [7, 11) is 0. The predicted octanol–water partition coefficient (Wildman–Crippen LogP) is 3.34. The van der Waals surface area contributed by atoms with Crippen LogP contribution in [0.2, 0.25) is 0 Å². The van der Waals surface area contributed by atoms with E-state index in [-0.39, 0.29) is 12.5 Å². The average molecular weight is 373 g/mol. The van der Waals surface area contributed by atoms with Crippen LogP contribution in [0.5, 0.6) is 5.75 Å². The van der Waals surface area contributed by atoms with Gasteiger partial charge in [0.1, 0.15) is 11.3 Å². The lowest BCUT2D eigenvalue weighted by atomic mass is 9.98. The van der Waals surface area contributed by atoms with Crippen LogP contribution < -0.4 is 15.7 Å². The van der Waals surface area contributed by atoms with Crippen LogP contribution in [0.15, 0.2) is 33.5 Å². The zero-order chi connectivity index (χ0) is 19.1. The van der Waals surface area contributed by atoms with Crippen LogP contribution in [-0.4, -0.2) is 31.8 Å². The molecule has 1 aliphatic rings. The molecule has 3 rings (SSSR count). The molecule has 1 heterocycles. The van der Waals surface area contributed by atoms with Crippen molar-refractivity contribution >= 4 is 16.9 Å². The van der Waals surface area contributed by atoms with Gasteiger partial charge in [-0.2, -0.15) is 0 Å². The van der Waals surface area contributed by atoms with Gasteiger partial charge in [-0.25, -0.2) is 4.79 Å². The number of rotatable bonds is 8. The maximum Gasteiger partial charge on any atom is 0.336 e. The van der Waals surface area contributed by atoms with Crippen LogP contribution >= 0.6 is 0 Å². The summed E-state index contributed by atoms with van der Waals surface area (Å²) in [5.74, 6) is 0.311. The fourth-order valence-corrected chi connectivity index (χ4v) is 3.38. The second kappa shape index (κ2) is 9.55. The van der Waals surface area contributed by atoms with Gasteiger partial charge >= 0.3 is 5.63 Å². The first-order valence-electron chi connectivity index (χ1n) is 9.67. The van der Waals surface area contributed by atoms with Gasteiger partial charge in [0.15, 0.2) is 6.61 Å². The lowest BCUT2D eigenvalue weighted by molar-refractivity contribution is -0.123. The Labute approximate surface area is 158 Å². The standard InChI is InChI=1S/C21H27NO5/c1-15-12-21(24)27-19-13-17(8-9-18(15)19)26-14-20(23)22-10-5-11-25-16-6-3-2-4-7-16/h8-9,12-13,16H,2-7,10-11,14H2,1H3,(H,22,23). The molecule has 0 bridgehead atoms. The first-order chi connectivity index (χ1) is 13.1. The van der Waals surface area contributed by atoms with Gasteiger partial charge in [0.05, 0.1) is 6.10 Å². The number of aryl methyl sites for hydroxylation is 1. The molecule has 1 N–H and O–H groups in total. The van der Waals surface area contributed by atoms with Gasteiger partial charge in [-0.05, 0) is 43.9 Å². The summed E-state index contributed by atoms with van der Waals surface area (Å²) >= 11 is 0. The monoisotopic (exact) mass is 373 g/mol. The number of carbonyl (C=O) groups excluding carboxylic acids is 1. The minimum absolute atomic E-state index is 0.0783. The maximum absolute atomic E-state index is 11.9. The molecule has 1 fully saturated rings. The number of benzene rings is 1.